The topological polar surface area (TPSA) is 56.3 Å². The maximum absolute atomic E-state index is 12.1. The molecule has 0 atom stereocenters. The Balaban J connectivity index is 1.66. The van der Waals surface area contributed by atoms with Gasteiger partial charge < -0.3 is 4.74 Å². The molecule has 4 nitrogen and oxygen atoms in total. The minimum Gasteiger partial charge on any atom is -0.426 e. The van der Waals surface area contributed by atoms with Crippen molar-refractivity contribution in [2.24, 2.45) is 0 Å². The van der Waals surface area contributed by atoms with Gasteiger partial charge in [-0.1, -0.05) is 29.8 Å². The highest BCUT2D eigenvalue weighted by Gasteiger charge is 2.12. The molecule has 0 spiro atoms. The third-order valence-corrected chi connectivity index (χ3v) is 4.73. The maximum Gasteiger partial charge on any atom is 0.317 e. The van der Waals surface area contributed by atoms with E-state index in [2.05, 4.69) is 4.98 Å². The molecule has 0 bridgehead atoms. The van der Waals surface area contributed by atoms with Crippen LogP contribution in [-0.2, 0) is 11.2 Å². The first kappa shape index (κ1) is 17.3. The molecule has 0 aliphatic rings. The fourth-order valence-corrected chi connectivity index (χ4v) is 3.36. The van der Waals surface area contributed by atoms with Gasteiger partial charge >= 0.3 is 5.97 Å². The smallest absolute Gasteiger partial charge is 0.317 e. The van der Waals surface area contributed by atoms with Crippen molar-refractivity contribution in [1.82, 2.24) is 4.98 Å². The van der Waals surface area contributed by atoms with E-state index in [9.17, 15) is 9.59 Å². The molecule has 0 aliphatic heterocycles. The summed E-state index contributed by atoms with van der Waals surface area (Å²) in [7, 11) is 0. The Hall–Kier alpha value is -2.50. The molecule has 0 saturated heterocycles. The lowest BCUT2D eigenvalue weighted by Crippen LogP contribution is -2.11. The van der Waals surface area contributed by atoms with E-state index in [-0.39, 0.29) is 12.2 Å². The minimum atomic E-state index is -0.411. The number of hydrogen-bond acceptors (Lipinski definition) is 5. The first-order valence-electron chi connectivity index (χ1n) is 7.54. The molecule has 0 amide bonds. The van der Waals surface area contributed by atoms with Crippen molar-refractivity contribution in [3.05, 3.63) is 70.2 Å². The van der Waals surface area contributed by atoms with Crippen LogP contribution in [0.4, 0.5) is 0 Å². The molecule has 6 heteroatoms. The number of hydrogen-bond donors (Lipinski definition) is 0. The van der Waals surface area contributed by atoms with E-state index >= 15 is 0 Å². The predicted octanol–water partition coefficient (Wildman–Crippen LogP) is 4.81. The van der Waals surface area contributed by atoms with E-state index in [0.717, 1.165) is 10.6 Å². The van der Waals surface area contributed by atoms with Crippen molar-refractivity contribution in [3.63, 3.8) is 0 Å². The lowest BCUT2D eigenvalue weighted by atomic mass is 10.1. The number of ketones is 1. The zero-order valence-corrected chi connectivity index (χ0v) is 14.9. The van der Waals surface area contributed by atoms with Crippen molar-refractivity contribution >= 4 is 34.7 Å². The van der Waals surface area contributed by atoms with Crippen LogP contribution in [0, 0.1) is 0 Å². The summed E-state index contributed by atoms with van der Waals surface area (Å²) in [6.45, 7) is 1.49. The summed E-state index contributed by atoms with van der Waals surface area (Å²) in [5.41, 5.74) is 2.04. The van der Waals surface area contributed by atoms with Crippen molar-refractivity contribution in [2.75, 3.05) is 0 Å². The van der Waals surface area contributed by atoms with Gasteiger partial charge in [-0.3, -0.25) is 9.59 Å². The van der Waals surface area contributed by atoms with E-state index < -0.39 is 5.97 Å². The summed E-state index contributed by atoms with van der Waals surface area (Å²) in [4.78, 5) is 27.8. The fraction of sp³-hybridized carbons (Fsp3) is 0.105. The highest BCUT2D eigenvalue weighted by molar-refractivity contribution is 7.13. The van der Waals surface area contributed by atoms with Gasteiger partial charge in [0.2, 0.25) is 0 Å². The second kappa shape index (κ2) is 7.59. The third kappa shape index (κ3) is 4.32. The molecule has 1 heterocycles. The van der Waals surface area contributed by atoms with E-state index in [1.165, 1.54) is 18.3 Å². The molecule has 0 aliphatic carbocycles. The van der Waals surface area contributed by atoms with Crippen LogP contribution in [0.5, 0.6) is 5.75 Å². The van der Waals surface area contributed by atoms with Crippen LogP contribution in [0.25, 0.3) is 10.6 Å². The molecular formula is C19H14ClNO3S. The van der Waals surface area contributed by atoms with Crippen LogP contribution >= 0.6 is 22.9 Å². The summed E-state index contributed by atoms with van der Waals surface area (Å²) in [6.07, 6.45) is 0.0649. The Morgan fingerprint density at radius 3 is 2.52 bits per heavy atom. The van der Waals surface area contributed by atoms with E-state index in [1.807, 2.05) is 23.6 Å². The van der Waals surface area contributed by atoms with Gasteiger partial charge in [0, 0.05) is 16.5 Å². The van der Waals surface area contributed by atoms with Crippen LogP contribution in [0.1, 0.15) is 23.0 Å². The van der Waals surface area contributed by atoms with Crippen LogP contribution in [0.15, 0.2) is 53.9 Å². The average molecular weight is 372 g/mol. The molecule has 2 aromatic carbocycles. The molecule has 126 valence electrons. The Morgan fingerprint density at radius 1 is 1.12 bits per heavy atom. The zero-order chi connectivity index (χ0) is 17.8. The molecule has 0 radical (unpaired) electrons. The summed E-state index contributed by atoms with van der Waals surface area (Å²) < 4.78 is 5.28. The van der Waals surface area contributed by atoms with Crippen LogP contribution in [0.2, 0.25) is 5.02 Å². The second-order valence-electron chi connectivity index (χ2n) is 5.36. The van der Waals surface area contributed by atoms with E-state index in [1.54, 1.807) is 30.3 Å². The molecule has 0 unspecified atom stereocenters. The van der Waals surface area contributed by atoms with Crippen LogP contribution in [-0.4, -0.2) is 16.7 Å². The number of rotatable bonds is 5. The molecular weight excluding hydrogens is 358 g/mol. The number of ether oxygens (including phenoxy) is 1. The van der Waals surface area contributed by atoms with Gasteiger partial charge in [-0.15, -0.1) is 11.3 Å². The number of benzene rings is 2. The monoisotopic (exact) mass is 371 g/mol. The number of carbonyl (C=O) groups is 2. The molecule has 3 rings (SSSR count). The summed E-state index contributed by atoms with van der Waals surface area (Å²) >= 11 is 7.60. The Morgan fingerprint density at radius 2 is 1.84 bits per heavy atom. The van der Waals surface area contributed by atoms with Gasteiger partial charge in [-0.05, 0) is 37.3 Å². The highest BCUT2D eigenvalue weighted by Crippen LogP contribution is 2.30. The molecule has 0 saturated carbocycles. The van der Waals surface area contributed by atoms with Crippen molar-refractivity contribution in [2.45, 2.75) is 13.3 Å². The third-order valence-electron chi connectivity index (χ3n) is 3.47. The molecule has 0 fully saturated rings. The summed E-state index contributed by atoms with van der Waals surface area (Å²) in [5, 5.41) is 3.20. The Labute approximate surface area is 154 Å². The number of aromatic nitrogens is 1. The van der Waals surface area contributed by atoms with Crippen molar-refractivity contribution in [3.8, 4) is 16.3 Å². The zero-order valence-electron chi connectivity index (χ0n) is 13.4. The Bertz CT molecular complexity index is 918. The fourth-order valence-electron chi connectivity index (χ4n) is 2.22. The summed E-state index contributed by atoms with van der Waals surface area (Å²) in [6, 6.07) is 13.9. The van der Waals surface area contributed by atoms with Gasteiger partial charge in [0.1, 0.15) is 10.8 Å². The lowest BCUT2D eigenvalue weighted by molar-refractivity contribution is -0.133. The average Bonchev–Trinajstić information content (AvgIpc) is 3.03. The summed E-state index contributed by atoms with van der Waals surface area (Å²) in [5.74, 6) is -0.0457. The highest BCUT2D eigenvalue weighted by atomic mass is 35.5. The van der Waals surface area contributed by atoms with Gasteiger partial charge in [0.05, 0.1) is 17.1 Å². The largest absolute Gasteiger partial charge is 0.426 e. The molecule has 3 aromatic rings. The first-order chi connectivity index (χ1) is 12.0. The standard InChI is InChI=1S/C19H14ClNO3S/c1-12(22)13-6-8-15(9-7-13)24-18(23)10-14-11-25-19(21-14)16-4-2-3-5-17(16)20/h2-9,11H,10H2,1H3. The van der Waals surface area contributed by atoms with E-state index in [4.69, 9.17) is 16.3 Å². The van der Waals surface area contributed by atoms with Gasteiger partial charge in [0.25, 0.3) is 0 Å². The molecule has 25 heavy (non-hydrogen) atoms. The van der Waals surface area contributed by atoms with Gasteiger partial charge in [0.15, 0.2) is 5.78 Å². The number of carbonyl (C=O) groups excluding carboxylic acids is 2. The van der Waals surface area contributed by atoms with Gasteiger partial charge in [-0.25, -0.2) is 4.98 Å². The SMILES string of the molecule is CC(=O)c1ccc(OC(=O)Cc2csc(-c3ccccc3Cl)n2)cc1. The normalized spacial score (nSPS) is 10.5. The van der Waals surface area contributed by atoms with Crippen molar-refractivity contribution < 1.29 is 14.3 Å². The number of nitrogens with zero attached hydrogens (tertiary/aromatic N) is 1. The molecule has 1 aromatic heterocycles. The number of halogens is 1. The van der Waals surface area contributed by atoms with Crippen molar-refractivity contribution in [1.29, 1.82) is 0 Å². The second-order valence-corrected chi connectivity index (χ2v) is 6.62. The minimum absolute atomic E-state index is 0.0348. The maximum atomic E-state index is 12.1. The van der Waals surface area contributed by atoms with Gasteiger partial charge in [-0.2, -0.15) is 0 Å². The quantitative estimate of drug-likeness (QED) is 0.366. The number of esters is 1. The van der Waals surface area contributed by atoms with E-state index in [0.29, 0.717) is 22.0 Å². The lowest BCUT2D eigenvalue weighted by Gasteiger charge is -2.04. The predicted molar refractivity (Wildman–Crippen MR) is 98.3 cm³/mol. The molecule has 0 N–H and O–H groups in total. The Kier molecular flexibility index (Phi) is 5.26. The number of thiazole rings is 1. The number of Topliss-reactive ketones (excluding diaryl/α,β-unsaturated/α-hetero) is 1. The van der Waals surface area contributed by atoms with Crippen LogP contribution < -0.4 is 4.74 Å². The van der Waals surface area contributed by atoms with Crippen LogP contribution in [0.3, 0.4) is 0 Å². The first-order valence-corrected chi connectivity index (χ1v) is 8.79.